The number of aromatic nitrogens is 3. The van der Waals surface area contributed by atoms with Gasteiger partial charge in [0.2, 0.25) is 0 Å². The average molecular weight is 257 g/mol. The van der Waals surface area contributed by atoms with E-state index in [2.05, 4.69) is 16.2 Å². The predicted molar refractivity (Wildman–Crippen MR) is 67.1 cm³/mol. The van der Waals surface area contributed by atoms with E-state index in [1.54, 1.807) is 12.1 Å². The van der Waals surface area contributed by atoms with E-state index >= 15 is 0 Å². The van der Waals surface area contributed by atoms with Crippen LogP contribution in [0.4, 0.5) is 5.69 Å². The molecule has 0 radical (unpaired) electrons. The molecule has 0 bridgehead atoms. The first kappa shape index (κ1) is 12.7. The molecule has 2 aromatic rings. The number of nitriles is 1. The van der Waals surface area contributed by atoms with Gasteiger partial charge in [0.1, 0.15) is 12.4 Å². The van der Waals surface area contributed by atoms with Crippen LogP contribution in [0.3, 0.4) is 0 Å². The summed E-state index contributed by atoms with van der Waals surface area (Å²) >= 11 is 0. The quantitative estimate of drug-likeness (QED) is 0.618. The Labute approximate surface area is 109 Å². The van der Waals surface area contributed by atoms with Gasteiger partial charge in [0.05, 0.1) is 11.0 Å². The van der Waals surface area contributed by atoms with Gasteiger partial charge in [-0.15, -0.1) is 5.10 Å². The molecule has 0 aliphatic heterocycles. The van der Waals surface area contributed by atoms with E-state index in [9.17, 15) is 10.1 Å². The van der Waals surface area contributed by atoms with Crippen LogP contribution in [0.1, 0.15) is 19.4 Å². The number of nitrogens with zero attached hydrogens (tertiary/aromatic N) is 5. The smallest absolute Gasteiger partial charge is 0.258 e. The Morgan fingerprint density at radius 2 is 2.16 bits per heavy atom. The van der Waals surface area contributed by atoms with Crippen LogP contribution in [0.15, 0.2) is 30.6 Å². The lowest BCUT2D eigenvalue weighted by atomic mass is 10.2. The molecule has 0 fully saturated rings. The minimum absolute atomic E-state index is 0.0200. The third-order valence-corrected chi connectivity index (χ3v) is 2.70. The highest BCUT2D eigenvalue weighted by molar-refractivity contribution is 5.56. The van der Waals surface area contributed by atoms with Crippen LogP contribution in [-0.4, -0.2) is 19.7 Å². The van der Waals surface area contributed by atoms with Crippen LogP contribution in [0.2, 0.25) is 0 Å². The molecule has 0 amide bonds. The molecule has 0 spiro atoms. The standard InChI is InChI=1S/C12H11N5O2/c1-2-10(7-13)16-8-14-12(15-16)9-3-5-11(6-4-9)17(18)19/h3-6,8,10H,2H2,1H3. The summed E-state index contributed by atoms with van der Waals surface area (Å²) in [5.74, 6) is 0.448. The Bertz CT molecular complexity index is 626. The molecule has 19 heavy (non-hydrogen) atoms. The van der Waals surface area contributed by atoms with Crippen molar-refractivity contribution in [2.75, 3.05) is 0 Å². The Morgan fingerprint density at radius 1 is 1.47 bits per heavy atom. The van der Waals surface area contributed by atoms with Crippen molar-refractivity contribution in [3.8, 4) is 17.5 Å². The van der Waals surface area contributed by atoms with E-state index in [-0.39, 0.29) is 11.7 Å². The summed E-state index contributed by atoms with van der Waals surface area (Å²) in [7, 11) is 0. The number of benzene rings is 1. The first-order chi connectivity index (χ1) is 9.15. The third kappa shape index (κ3) is 2.57. The molecule has 1 atom stereocenters. The number of rotatable bonds is 4. The monoisotopic (exact) mass is 257 g/mol. The summed E-state index contributed by atoms with van der Waals surface area (Å²) in [4.78, 5) is 14.2. The summed E-state index contributed by atoms with van der Waals surface area (Å²) in [5.41, 5.74) is 0.698. The third-order valence-electron chi connectivity index (χ3n) is 2.70. The van der Waals surface area contributed by atoms with Gasteiger partial charge in [-0.05, 0) is 18.6 Å². The van der Waals surface area contributed by atoms with E-state index < -0.39 is 4.92 Å². The van der Waals surface area contributed by atoms with Gasteiger partial charge in [0.15, 0.2) is 5.82 Å². The maximum absolute atomic E-state index is 10.6. The molecule has 1 aromatic carbocycles. The van der Waals surface area contributed by atoms with Crippen LogP contribution in [-0.2, 0) is 0 Å². The Balaban J connectivity index is 2.28. The molecule has 1 unspecified atom stereocenters. The van der Waals surface area contributed by atoms with Gasteiger partial charge in [-0.3, -0.25) is 10.1 Å². The summed E-state index contributed by atoms with van der Waals surface area (Å²) in [5, 5.41) is 23.7. The maximum atomic E-state index is 10.6. The highest BCUT2D eigenvalue weighted by Gasteiger charge is 2.12. The Kier molecular flexibility index (Phi) is 3.52. The van der Waals surface area contributed by atoms with Gasteiger partial charge in [0, 0.05) is 17.7 Å². The fourth-order valence-electron chi connectivity index (χ4n) is 1.63. The largest absolute Gasteiger partial charge is 0.269 e. The van der Waals surface area contributed by atoms with Crippen molar-refractivity contribution in [1.29, 1.82) is 5.26 Å². The summed E-state index contributed by atoms with van der Waals surface area (Å²) in [6.07, 6.45) is 2.13. The zero-order valence-corrected chi connectivity index (χ0v) is 10.2. The summed E-state index contributed by atoms with van der Waals surface area (Å²) in [6.45, 7) is 1.89. The van der Waals surface area contributed by atoms with E-state index in [1.165, 1.54) is 23.1 Å². The summed E-state index contributed by atoms with van der Waals surface area (Å²) in [6, 6.07) is 7.76. The SMILES string of the molecule is CCC(C#N)n1cnc(-c2ccc([N+](=O)[O-])cc2)n1. The second kappa shape index (κ2) is 5.27. The number of nitro benzene ring substituents is 1. The van der Waals surface area contributed by atoms with Crippen LogP contribution in [0.25, 0.3) is 11.4 Å². The number of hydrogen-bond donors (Lipinski definition) is 0. The molecular weight excluding hydrogens is 246 g/mol. The lowest BCUT2D eigenvalue weighted by molar-refractivity contribution is -0.384. The lowest BCUT2D eigenvalue weighted by Crippen LogP contribution is -2.06. The Morgan fingerprint density at radius 3 is 2.68 bits per heavy atom. The van der Waals surface area contributed by atoms with Crippen molar-refractivity contribution in [1.82, 2.24) is 14.8 Å². The summed E-state index contributed by atoms with van der Waals surface area (Å²) < 4.78 is 1.50. The average Bonchev–Trinajstić information content (AvgIpc) is 2.90. The first-order valence-electron chi connectivity index (χ1n) is 5.71. The van der Waals surface area contributed by atoms with E-state index in [1.807, 2.05) is 6.92 Å². The molecule has 7 nitrogen and oxygen atoms in total. The fraction of sp³-hybridized carbons (Fsp3) is 0.250. The van der Waals surface area contributed by atoms with Crippen LogP contribution in [0.5, 0.6) is 0 Å². The zero-order valence-electron chi connectivity index (χ0n) is 10.2. The minimum atomic E-state index is -0.460. The molecule has 1 aromatic heterocycles. The molecule has 7 heteroatoms. The second-order valence-corrected chi connectivity index (χ2v) is 3.91. The lowest BCUT2D eigenvalue weighted by Gasteiger charge is -2.03. The molecule has 0 saturated carbocycles. The Hall–Kier alpha value is -2.75. The van der Waals surface area contributed by atoms with E-state index in [4.69, 9.17) is 5.26 Å². The van der Waals surface area contributed by atoms with Crippen molar-refractivity contribution >= 4 is 5.69 Å². The molecule has 2 rings (SSSR count). The van der Waals surface area contributed by atoms with Gasteiger partial charge in [-0.1, -0.05) is 6.92 Å². The number of hydrogen-bond acceptors (Lipinski definition) is 5. The van der Waals surface area contributed by atoms with E-state index in [0.29, 0.717) is 17.8 Å². The second-order valence-electron chi connectivity index (χ2n) is 3.91. The van der Waals surface area contributed by atoms with Crippen molar-refractivity contribution in [2.24, 2.45) is 0 Å². The van der Waals surface area contributed by atoms with Gasteiger partial charge < -0.3 is 0 Å². The molecule has 0 saturated heterocycles. The topological polar surface area (TPSA) is 97.6 Å². The van der Waals surface area contributed by atoms with Crippen LogP contribution in [0, 0.1) is 21.4 Å². The van der Waals surface area contributed by atoms with Gasteiger partial charge in [-0.25, -0.2) is 9.67 Å². The van der Waals surface area contributed by atoms with E-state index in [0.717, 1.165) is 0 Å². The minimum Gasteiger partial charge on any atom is -0.258 e. The molecule has 0 aliphatic rings. The van der Waals surface area contributed by atoms with Crippen molar-refractivity contribution < 1.29 is 4.92 Å². The fourth-order valence-corrected chi connectivity index (χ4v) is 1.63. The molecule has 0 aliphatic carbocycles. The highest BCUT2D eigenvalue weighted by atomic mass is 16.6. The normalized spacial score (nSPS) is 11.8. The number of nitro groups is 1. The first-order valence-corrected chi connectivity index (χ1v) is 5.71. The van der Waals surface area contributed by atoms with Gasteiger partial charge in [-0.2, -0.15) is 5.26 Å². The zero-order chi connectivity index (χ0) is 13.8. The molecule has 0 N–H and O–H groups in total. The van der Waals surface area contributed by atoms with Crippen molar-refractivity contribution in [3.05, 3.63) is 40.7 Å². The predicted octanol–water partition coefficient (Wildman–Crippen LogP) is 2.33. The van der Waals surface area contributed by atoms with Crippen LogP contribution < -0.4 is 0 Å². The molecule has 96 valence electrons. The van der Waals surface area contributed by atoms with Crippen molar-refractivity contribution in [2.45, 2.75) is 19.4 Å². The van der Waals surface area contributed by atoms with Crippen LogP contribution >= 0.6 is 0 Å². The highest BCUT2D eigenvalue weighted by Crippen LogP contribution is 2.20. The number of non-ortho nitro benzene ring substituents is 1. The van der Waals surface area contributed by atoms with Gasteiger partial charge >= 0.3 is 0 Å². The van der Waals surface area contributed by atoms with Crippen molar-refractivity contribution in [3.63, 3.8) is 0 Å². The molecular formula is C12H11N5O2. The molecule has 1 heterocycles. The van der Waals surface area contributed by atoms with Gasteiger partial charge in [0.25, 0.3) is 5.69 Å². The maximum Gasteiger partial charge on any atom is 0.269 e.